The molecule has 0 saturated carbocycles. The number of hydrogen-bond acceptors (Lipinski definition) is 3. The highest BCUT2D eigenvalue weighted by atomic mass is 79.9. The standard InChI is InChI=1S/C11H9BrN2OS/c12-7-3-4-9-8(6-7)13-11(16-9)14-5-1-2-10(14)15/h3-4,6H,1-2,5H2. The minimum Gasteiger partial charge on any atom is -0.288 e. The van der Waals surface area contributed by atoms with Gasteiger partial charge in [-0.15, -0.1) is 0 Å². The van der Waals surface area contributed by atoms with Crippen LogP contribution in [0.4, 0.5) is 5.13 Å². The van der Waals surface area contributed by atoms with Crippen molar-refractivity contribution >= 4 is 48.5 Å². The zero-order chi connectivity index (χ0) is 11.1. The third-order valence-corrected chi connectivity index (χ3v) is 4.20. The van der Waals surface area contributed by atoms with E-state index in [1.807, 2.05) is 18.2 Å². The molecule has 0 unspecified atom stereocenters. The second kappa shape index (κ2) is 3.82. The quantitative estimate of drug-likeness (QED) is 0.810. The molecule has 1 aromatic heterocycles. The van der Waals surface area contributed by atoms with E-state index in [4.69, 9.17) is 0 Å². The van der Waals surface area contributed by atoms with Crippen molar-refractivity contribution in [2.75, 3.05) is 11.4 Å². The number of nitrogens with zero attached hydrogens (tertiary/aromatic N) is 2. The second-order valence-electron chi connectivity index (χ2n) is 3.76. The van der Waals surface area contributed by atoms with Crippen LogP contribution in [0.15, 0.2) is 22.7 Å². The molecule has 0 atom stereocenters. The van der Waals surface area contributed by atoms with E-state index in [0.29, 0.717) is 6.42 Å². The Morgan fingerprint density at radius 3 is 3.06 bits per heavy atom. The highest BCUT2D eigenvalue weighted by Crippen LogP contribution is 2.32. The number of aromatic nitrogens is 1. The van der Waals surface area contributed by atoms with E-state index in [0.717, 1.165) is 32.8 Å². The van der Waals surface area contributed by atoms with Gasteiger partial charge in [0.25, 0.3) is 0 Å². The van der Waals surface area contributed by atoms with Crippen molar-refractivity contribution < 1.29 is 4.79 Å². The summed E-state index contributed by atoms with van der Waals surface area (Å²) in [4.78, 5) is 17.9. The summed E-state index contributed by atoms with van der Waals surface area (Å²) in [5, 5.41) is 0.829. The van der Waals surface area contributed by atoms with E-state index in [9.17, 15) is 4.79 Å². The number of anilines is 1. The molecule has 0 bridgehead atoms. The Hall–Kier alpha value is -0.940. The molecule has 2 heterocycles. The summed E-state index contributed by atoms with van der Waals surface area (Å²) in [5.41, 5.74) is 0.953. The predicted molar refractivity (Wildman–Crippen MR) is 68.9 cm³/mol. The van der Waals surface area contributed by atoms with Gasteiger partial charge in [-0.25, -0.2) is 4.98 Å². The first-order valence-electron chi connectivity index (χ1n) is 5.10. The Balaban J connectivity index is 2.08. The maximum atomic E-state index is 11.6. The highest BCUT2D eigenvalue weighted by molar-refractivity contribution is 9.10. The molecule has 2 aromatic rings. The predicted octanol–water partition coefficient (Wildman–Crippen LogP) is 3.19. The first kappa shape index (κ1) is 10.2. The molecule has 3 nitrogen and oxygen atoms in total. The van der Waals surface area contributed by atoms with E-state index >= 15 is 0 Å². The third-order valence-electron chi connectivity index (χ3n) is 2.64. The molecule has 1 fully saturated rings. The molecule has 5 heteroatoms. The summed E-state index contributed by atoms with van der Waals surface area (Å²) in [6.45, 7) is 0.805. The largest absolute Gasteiger partial charge is 0.288 e. The number of amides is 1. The van der Waals surface area contributed by atoms with Crippen LogP contribution >= 0.6 is 27.3 Å². The number of benzene rings is 1. The normalized spacial score (nSPS) is 16.3. The number of thiazole rings is 1. The van der Waals surface area contributed by atoms with Gasteiger partial charge in [0, 0.05) is 17.4 Å². The first-order valence-corrected chi connectivity index (χ1v) is 6.71. The number of carbonyl (C=O) groups excluding carboxylic acids is 1. The van der Waals surface area contributed by atoms with Gasteiger partial charge < -0.3 is 0 Å². The zero-order valence-corrected chi connectivity index (χ0v) is 10.8. The van der Waals surface area contributed by atoms with Gasteiger partial charge in [0.1, 0.15) is 0 Å². The molecule has 1 aliphatic heterocycles. The van der Waals surface area contributed by atoms with Crippen LogP contribution in [0, 0.1) is 0 Å². The van der Waals surface area contributed by atoms with Crippen molar-refractivity contribution in [3.63, 3.8) is 0 Å². The van der Waals surface area contributed by atoms with Crippen molar-refractivity contribution in [1.29, 1.82) is 0 Å². The van der Waals surface area contributed by atoms with Gasteiger partial charge in [-0.05, 0) is 24.6 Å². The average Bonchev–Trinajstić information content (AvgIpc) is 2.82. The minimum atomic E-state index is 0.193. The molecule has 0 spiro atoms. The van der Waals surface area contributed by atoms with E-state index in [-0.39, 0.29) is 5.91 Å². The molecule has 0 radical (unpaired) electrons. The van der Waals surface area contributed by atoms with Gasteiger partial charge >= 0.3 is 0 Å². The fourth-order valence-corrected chi connectivity index (χ4v) is 3.19. The molecule has 16 heavy (non-hydrogen) atoms. The van der Waals surface area contributed by atoms with Crippen molar-refractivity contribution in [3.8, 4) is 0 Å². The lowest BCUT2D eigenvalue weighted by molar-refractivity contribution is -0.117. The lowest BCUT2D eigenvalue weighted by Gasteiger charge is -2.09. The maximum absolute atomic E-state index is 11.6. The Kier molecular flexibility index (Phi) is 2.44. The smallest absolute Gasteiger partial charge is 0.228 e. The highest BCUT2D eigenvalue weighted by Gasteiger charge is 2.24. The Labute approximate surface area is 105 Å². The summed E-state index contributed by atoms with van der Waals surface area (Å²) >= 11 is 5.00. The van der Waals surface area contributed by atoms with Crippen molar-refractivity contribution in [1.82, 2.24) is 4.98 Å². The van der Waals surface area contributed by atoms with Crippen molar-refractivity contribution in [2.24, 2.45) is 0 Å². The van der Waals surface area contributed by atoms with E-state index in [1.54, 1.807) is 16.2 Å². The van der Waals surface area contributed by atoms with Crippen LogP contribution in [-0.2, 0) is 4.79 Å². The van der Waals surface area contributed by atoms with Gasteiger partial charge in [-0.3, -0.25) is 9.69 Å². The van der Waals surface area contributed by atoms with E-state index in [2.05, 4.69) is 20.9 Å². The van der Waals surface area contributed by atoms with E-state index in [1.165, 1.54) is 0 Å². The summed E-state index contributed by atoms with van der Waals surface area (Å²) in [6.07, 6.45) is 1.60. The fourth-order valence-electron chi connectivity index (χ4n) is 1.85. The summed E-state index contributed by atoms with van der Waals surface area (Å²) in [5.74, 6) is 0.193. The van der Waals surface area contributed by atoms with Gasteiger partial charge in [0.2, 0.25) is 5.91 Å². The van der Waals surface area contributed by atoms with Crippen LogP contribution in [-0.4, -0.2) is 17.4 Å². The molecular weight excluding hydrogens is 288 g/mol. The Morgan fingerprint density at radius 1 is 1.44 bits per heavy atom. The monoisotopic (exact) mass is 296 g/mol. The lowest BCUT2D eigenvalue weighted by Crippen LogP contribution is -2.23. The van der Waals surface area contributed by atoms with Gasteiger partial charge in [-0.1, -0.05) is 27.3 Å². The molecule has 1 aliphatic rings. The maximum Gasteiger partial charge on any atom is 0.228 e. The Morgan fingerprint density at radius 2 is 2.31 bits per heavy atom. The molecule has 1 amide bonds. The number of halogens is 1. The number of hydrogen-bond donors (Lipinski definition) is 0. The first-order chi connectivity index (χ1) is 7.74. The van der Waals surface area contributed by atoms with Crippen LogP contribution in [0.2, 0.25) is 0 Å². The molecule has 1 saturated heterocycles. The van der Waals surface area contributed by atoms with Gasteiger partial charge in [-0.2, -0.15) is 0 Å². The second-order valence-corrected chi connectivity index (χ2v) is 5.68. The number of rotatable bonds is 1. The molecular formula is C11H9BrN2OS. The number of carbonyl (C=O) groups is 1. The molecule has 1 aromatic carbocycles. The van der Waals surface area contributed by atoms with Crippen molar-refractivity contribution in [2.45, 2.75) is 12.8 Å². The fraction of sp³-hybridized carbons (Fsp3) is 0.273. The summed E-state index contributed by atoms with van der Waals surface area (Å²) < 4.78 is 2.14. The van der Waals surface area contributed by atoms with Gasteiger partial charge in [0.05, 0.1) is 10.2 Å². The average molecular weight is 297 g/mol. The summed E-state index contributed by atoms with van der Waals surface area (Å²) in [6, 6.07) is 6.01. The topological polar surface area (TPSA) is 33.2 Å². The molecule has 0 aliphatic carbocycles. The summed E-state index contributed by atoms with van der Waals surface area (Å²) in [7, 11) is 0. The molecule has 0 N–H and O–H groups in total. The lowest BCUT2D eigenvalue weighted by atomic mass is 10.3. The SMILES string of the molecule is O=C1CCCN1c1nc2cc(Br)ccc2s1. The Bertz CT molecular complexity index is 566. The molecule has 82 valence electrons. The number of fused-ring (bicyclic) bond motifs is 1. The van der Waals surface area contributed by atoms with Crippen LogP contribution in [0.3, 0.4) is 0 Å². The van der Waals surface area contributed by atoms with E-state index < -0.39 is 0 Å². The van der Waals surface area contributed by atoms with Gasteiger partial charge in [0.15, 0.2) is 5.13 Å². The van der Waals surface area contributed by atoms with Crippen LogP contribution in [0.1, 0.15) is 12.8 Å². The minimum absolute atomic E-state index is 0.193. The van der Waals surface area contributed by atoms with Crippen LogP contribution < -0.4 is 4.90 Å². The van der Waals surface area contributed by atoms with Crippen LogP contribution in [0.25, 0.3) is 10.2 Å². The van der Waals surface area contributed by atoms with Crippen molar-refractivity contribution in [3.05, 3.63) is 22.7 Å². The third kappa shape index (κ3) is 1.64. The van der Waals surface area contributed by atoms with Crippen LogP contribution in [0.5, 0.6) is 0 Å². The molecule has 3 rings (SSSR count). The zero-order valence-electron chi connectivity index (χ0n) is 8.44.